The minimum absolute atomic E-state index is 0.0803. The predicted octanol–water partition coefficient (Wildman–Crippen LogP) is 2.06. The Labute approximate surface area is 122 Å². The molecule has 1 aromatic heterocycles. The number of hydrogen-bond acceptors (Lipinski definition) is 3. The fraction of sp³-hybridized carbons (Fsp3) is 0.188. The zero-order chi connectivity index (χ0) is 14.2. The SMILES string of the molecule is O=C(NCCc1cccs1)c1ccc(C#CCO)cc1. The molecule has 0 atom stereocenters. The summed E-state index contributed by atoms with van der Waals surface area (Å²) in [4.78, 5) is 13.2. The number of carbonyl (C=O) groups is 1. The molecule has 0 aliphatic rings. The van der Waals surface area contributed by atoms with E-state index in [1.54, 1.807) is 35.6 Å². The van der Waals surface area contributed by atoms with Crippen LogP contribution in [0.3, 0.4) is 0 Å². The molecule has 0 radical (unpaired) electrons. The molecule has 0 saturated heterocycles. The fourth-order valence-electron chi connectivity index (χ4n) is 1.70. The summed E-state index contributed by atoms with van der Waals surface area (Å²) in [6, 6.07) is 11.1. The van der Waals surface area contributed by atoms with Crippen LogP contribution in [-0.4, -0.2) is 24.2 Å². The summed E-state index contributed by atoms with van der Waals surface area (Å²) in [6.07, 6.45) is 0.851. The van der Waals surface area contributed by atoms with Crippen LogP contribution in [0.2, 0.25) is 0 Å². The van der Waals surface area contributed by atoms with Crippen LogP contribution in [0, 0.1) is 11.8 Å². The Bertz CT molecular complexity index is 606. The molecule has 0 aliphatic carbocycles. The smallest absolute Gasteiger partial charge is 0.251 e. The van der Waals surface area contributed by atoms with Crippen molar-refractivity contribution in [3.63, 3.8) is 0 Å². The van der Waals surface area contributed by atoms with Crippen molar-refractivity contribution in [3.8, 4) is 11.8 Å². The number of carbonyl (C=O) groups excluding carboxylic acids is 1. The van der Waals surface area contributed by atoms with Crippen LogP contribution in [0.4, 0.5) is 0 Å². The maximum Gasteiger partial charge on any atom is 0.251 e. The topological polar surface area (TPSA) is 49.3 Å². The van der Waals surface area contributed by atoms with Crippen molar-refractivity contribution in [2.45, 2.75) is 6.42 Å². The van der Waals surface area contributed by atoms with Gasteiger partial charge in [0.25, 0.3) is 5.91 Å². The minimum Gasteiger partial charge on any atom is -0.384 e. The first-order chi connectivity index (χ1) is 9.79. The highest BCUT2D eigenvalue weighted by molar-refractivity contribution is 7.09. The number of aliphatic hydroxyl groups is 1. The second kappa shape index (κ2) is 7.49. The van der Waals surface area contributed by atoms with Gasteiger partial charge in [0, 0.05) is 22.5 Å². The van der Waals surface area contributed by atoms with E-state index in [4.69, 9.17) is 5.11 Å². The first kappa shape index (κ1) is 14.3. The Morgan fingerprint density at radius 2 is 2.05 bits per heavy atom. The predicted molar refractivity (Wildman–Crippen MR) is 80.8 cm³/mol. The summed E-state index contributed by atoms with van der Waals surface area (Å²) < 4.78 is 0. The summed E-state index contributed by atoms with van der Waals surface area (Å²) in [5.41, 5.74) is 1.40. The molecule has 20 heavy (non-hydrogen) atoms. The van der Waals surface area contributed by atoms with Crippen molar-refractivity contribution in [1.82, 2.24) is 5.32 Å². The number of amides is 1. The molecule has 2 rings (SSSR count). The second-order valence-corrected chi connectivity index (χ2v) is 5.15. The van der Waals surface area contributed by atoms with Crippen LogP contribution < -0.4 is 5.32 Å². The molecular formula is C16H15NO2S. The average molecular weight is 285 g/mol. The van der Waals surface area contributed by atoms with E-state index in [9.17, 15) is 4.79 Å². The van der Waals surface area contributed by atoms with Gasteiger partial charge in [-0.1, -0.05) is 17.9 Å². The molecule has 1 heterocycles. The monoisotopic (exact) mass is 285 g/mol. The average Bonchev–Trinajstić information content (AvgIpc) is 2.99. The lowest BCUT2D eigenvalue weighted by atomic mass is 10.1. The maximum absolute atomic E-state index is 11.9. The van der Waals surface area contributed by atoms with Crippen molar-refractivity contribution < 1.29 is 9.90 Å². The van der Waals surface area contributed by atoms with E-state index in [0.29, 0.717) is 12.1 Å². The lowest BCUT2D eigenvalue weighted by molar-refractivity contribution is 0.0954. The van der Waals surface area contributed by atoms with Crippen LogP contribution in [0.25, 0.3) is 0 Å². The normalized spacial score (nSPS) is 9.65. The highest BCUT2D eigenvalue weighted by Gasteiger charge is 2.04. The maximum atomic E-state index is 11.9. The van der Waals surface area contributed by atoms with Gasteiger partial charge in [0.2, 0.25) is 0 Å². The van der Waals surface area contributed by atoms with Crippen molar-refractivity contribution in [2.75, 3.05) is 13.2 Å². The van der Waals surface area contributed by atoms with Crippen molar-refractivity contribution >= 4 is 17.2 Å². The molecule has 1 amide bonds. The lowest BCUT2D eigenvalue weighted by Gasteiger charge is -2.04. The zero-order valence-corrected chi connectivity index (χ0v) is 11.7. The standard InChI is InChI=1S/C16H15NO2S/c18-11-1-3-13-5-7-14(8-6-13)16(19)17-10-9-15-4-2-12-20-15/h2,4-8,12,18H,9-11H2,(H,17,19). The highest BCUT2D eigenvalue weighted by atomic mass is 32.1. The van der Waals surface area contributed by atoms with Gasteiger partial charge in [-0.15, -0.1) is 11.3 Å². The Hall–Kier alpha value is -2.09. The van der Waals surface area contributed by atoms with Gasteiger partial charge >= 0.3 is 0 Å². The third kappa shape index (κ3) is 4.23. The molecular weight excluding hydrogens is 270 g/mol. The highest BCUT2D eigenvalue weighted by Crippen LogP contribution is 2.08. The van der Waals surface area contributed by atoms with Crippen molar-refractivity contribution in [2.24, 2.45) is 0 Å². The van der Waals surface area contributed by atoms with Crippen LogP contribution >= 0.6 is 11.3 Å². The Morgan fingerprint density at radius 1 is 1.25 bits per heavy atom. The van der Waals surface area contributed by atoms with Crippen molar-refractivity contribution in [3.05, 3.63) is 57.8 Å². The molecule has 0 bridgehead atoms. The van der Waals surface area contributed by atoms with E-state index >= 15 is 0 Å². The largest absolute Gasteiger partial charge is 0.384 e. The molecule has 4 heteroatoms. The van der Waals surface area contributed by atoms with Gasteiger partial charge in [-0.2, -0.15) is 0 Å². The molecule has 1 aromatic carbocycles. The molecule has 0 spiro atoms. The lowest BCUT2D eigenvalue weighted by Crippen LogP contribution is -2.25. The first-order valence-corrected chi connectivity index (χ1v) is 7.18. The molecule has 102 valence electrons. The minimum atomic E-state index is -0.162. The van der Waals surface area contributed by atoms with Gasteiger partial charge in [0.15, 0.2) is 0 Å². The quantitative estimate of drug-likeness (QED) is 0.845. The summed E-state index contributed by atoms with van der Waals surface area (Å²) >= 11 is 1.69. The third-order valence-electron chi connectivity index (χ3n) is 2.70. The fourth-order valence-corrected chi connectivity index (χ4v) is 2.41. The summed E-state index contributed by atoms with van der Waals surface area (Å²) in [5.74, 6) is 5.28. The Kier molecular flexibility index (Phi) is 5.36. The van der Waals surface area contributed by atoms with E-state index in [1.807, 2.05) is 11.4 Å². The number of rotatable bonds is 4. The second-order valence-electron chi connectivity index (χ2n) is 4.12. The molecule has 2 N–H and O–H groups in total. The van der Waals surface area contributed by atoms with Gasteiger partial charge < -0.3 is 10.4 Å². The number of hydrogen-bond donors (Lipinski definition) is 2. The Morgan fingerprint density at radius 3 is 2.70 bits per heavy atom. The molecule has 0 saturated carbocycles. The molecule has 0 fully saturated rings. The summed E-state index contributed by atoms with van der Waals surface area (Å²) in [7, 11) is 0. The van der Waals surface area contributed by atoms with Crippen LogP contribution in [0.5, 0.6) is 0 Å². The zero-order valence-electron chi connectivity index (χ0n) is 10.9. The third-order valence-corrected chi connectivity index (χ3v) is 3.63. The molecule has 0 unspecified atom stereocenters. The van der Waals surface area contributed by atoms with Gasteiger partial charge in [-0.25, -0.2) is 0 Å². The van der Waals surface area contributed by atoms with E-state index in [-0.39, 0.29) is 12.5 Å². The molecule has 2 aromatic rings. The van der Waals surface area contributed by atoms with Gasteiger partial charge in [0.05, 0.1) is 0 Å². The van der Waals surface area contributed by atoms with E-state index in [0.717, 1.165) is 12.0 Å². The Balaban J connectivity index is 1.85. The number of thiophene rings is 1. The van der Waals surface area contributed by atoms with E-state index in [1.165, 1.54) is 4.88 Å². The van der Waals surface area contributed by atoms with Crippen LogP contribution in [-0.2, 0) is 6.42 Å². The summed E-state index contributed by atoms with van der Waals surface area (Å²) in [5, 5.41) is 13.5. The van der Waals surface area contributed by atoms with Crippen LogP contribution in [0.15, 0.2) is 41.8 Å². The van der Waals surface area contributed by atoms with Gasteiger partial charge in [0.1, 0.15) is 6.61 Å². The van der Waals surface area contributed by atoms with Crippen molar-refractivity contribution in [1.29, 1.82) is 0 Å². The van der Waals surface area contributed by atoms with E-state index < -0.39 is 0 Å². The number of aliphatic hydroxyl groups excluding tert-OH is 1. The number of benzene rings is 1. The van der Waals surface area contributed by atoms with E-state index in [2.05, 4.69) is 23.2 Å². The van der Waals surface area contributed by atoms with Crippen LogP contribution in [0.1, 0.15) is 20.8 Å². The van der Waals surface area contributed by atoms with Gasteiger partial charge in [-0.3, -0.25) is 4.79 Å². The van der Waals surface area contributed by atoms with Gasteiger partial charge in [-0.05, 0) is 42.1 Å². The molecule has 0 aliphatic heterocycles. The summed E-state index contributed by atoms with van der Waals surface area (Å²) in [6.45, 7) is 0.469. The first-order valence-electron chi connectivity index (χ1n) is 6.30. The number of nitrogens with one attached hydrogen (secondary N) is 1. The molecule has 3 nitrogen and oxygen atoms in total.